The van der Waals surface area contributed by atoms with Gasteiger partial charge in [0.15, 0.2) is 14.4 Å². The summed E-state index contributed by atoms with van der Waals surface area (Å²) >= 11 is 0. The minimum Gasteiger partial charge on any atom is -0.414 e. The highest BCUT2D eigenvalue weighted by molar-refractivity contribution is 6.74. The second-order valence-corrected chi connectivity index (χ2v) is 12.6. The molecule has 3 atom stereocenters. The molecule has 10 heteroatoms. The third kappa shape index (κ3) is 3.76. The maximum Gasteiger partial charge on any atom is 0.351 e. The number of hydrogen-bond donors (Lipinski definition) is 2. The number of halogens is 2. The van der Waals surface area contributed by atoms with E-state index in [-0.39, 0.29) is 17.5 Å². The van der Waals surface area contributed by atoms with Crippen molar-refractivity contribution in [3.05, 3.63) is 22.7 Å². The van der Waals surface area contributed by atoms with E-state index in [9.17, 15) is 18.7 Å². The molecule has 0 bridgehead atoms. The summed E-state index contributed by atoms with van der Waals surface area (Å²) in [6.07, 6.45) is -4.23. The van der Waals surface area contributed by atoms with Crippen molar-refractivity contribution in [2.75, 3.05) is 12.3 Å². The van der Waals surface area contributed by atoms with Gasteiger partial charge in [0.25, 0.3) is 0 Å². The molecule has 1 fully saturated rings. The molecule has 1 aliphatic rings. The third-order valence-corrected chi connectivity index (χ3v) is 9.40. The van der Waals surface area contributed by atoms with E-state index in [0.29, 0.717) is 4.57 Å². The van der Waals surface area contributed by atoms with Crippen LogP contribution in [0.25, 0.3) is 0 Å². The van der Waals surface area contributed by atoms with E-state index in [2.05, 4.69) is 4.98 Å². The highest BCUT2D eigenvalue weighted by atomic mass is 28.4. The van der Waals surface area contributed by atoms with Crippen LogP contribution >= 0.6 is 0 Å². The van der Waals surface area contributed by atoms with E-state index in [0.717, 1.165) is 6.20 Å². The van der Waals surface area contributed by atoms with Crippen molar-refractivity contribution in [1.82, 2.24) is 9.55 Å². The van der Waals surface area contributed by atoms with Crippen LogP contribution in [-0.2, 0) is 9.16 Å². The Labute approximate surface area is 145 Å². The quantitative estimate of drug-likeness (QED) is 0.776. The molecule has 2 rings (SSSR count). The van der Waals surface area contributed by atoms with E-state index >= 15 is 0 Å². The molecule has 1 aliphatic heterocycles. The second-order valence-electron chi connectivity index (χ2n) is 7.76. The molecule has 2 heterocycles. The first-order chi connectivity index (χ1) is 11.3. The fourth-order valence-electron chi connectivity index (χ4n) is 2.22. The first-order valence-corrected chi connectivity index (χ1v) is 10.9. The van der Waals surface area contributed by atoms with Crippen molar-refractivity contribution >= 4 is 14.1 Å². The predicted molar refractivity (Wildman–Crippen MR) is 90.9 cm³/mol. The number of nitrogens with two attached hydrogens (primary N) is 1. The molecular formula is C15H25F2N3O4Si. The van der Waals surface area contributed by atoms with Gasteiger partial charge in [0, 0.05) is 6.20 Å². The Balaban J connectivity index is 2.21. The first kappa shape index (κ1) is 20.0. The Kier molecular flexibility index (Phi) is 5.12. The van der Waals surface area contributed by atoms with Crippen LogP contribution in [0.15, 0.2) is 17.1 Å². The van der Waals surface area contributed by atoms with Gasteiger partial charge in [-0.3, -0.25) is 4.57 Å². The van der Waals surface area contributed by atoms with Crippen LogP contribution in [0, 0.1) is 0 Å². The minimum atomic E-state index is -3.66. The maximum absolute atomic E-state index is 14.4. The van der Waals surface area contributed by atoms with Crippen LogP contribution in [0.1, 0.15) is 27.0 Å². The van der Waals surface area contributed by atoms with Crippen LogP contribution in [0.5, 0.6) is 0 Å². The van der Waals surface area contributed by atoms with Gasteiger partial charge in [0.05, 0.1) is 6.61 Å². The van der Waals surface area contributed by atoms with Crippen LogP contribution in [0.3, 0.4) is 0 Å². The molecule has 3 N–H and O–H groups in total. The lowest BCUT2D eigenvalue weighted by Crippen LogP contribution is -2.45. The highest BCUT2D eigenvalue weighted by Gasteiger charge is 2.60. The van der Waals surface area contributed by atoms with Crippen LogP contribution in [-0.4, -0.2) is 47.7 Å². The van der Waals surface area contributed by atoms with Crippen molar-refractivity contribution in [2.45, 2.75) is 63.3 Å². The largest absolute Gasteiger partial charge is 0.414 e. The Morgan fingerprint density at radius 1 is 1.48 bits per heavy atom. The Hall–Kier alpha value is -1.36. The lowest BCUT2D eigenvalue weighted by Gasteiger charge is -2.37. The summed E-state index contributed by atoms with van der Waals surface area (Å²) in [5.74, 6) is -3.75. The number of alkyl halides is 2. The molecule has 142 valence electrons. The van der Waals surface area contributed by atoms with Gasteiger partial charge in [-0.25, -0.2) is 4.79 Å². The zero-order valence-corrected chi connectivity index (χ0v) is 16.0. The molecule has 1 aromatic heterocycles. The number of rotatable bonds is 4. The molecular weight excluding hydrogens is 352 g/mol. The lowest BCUT2D eigenvalue weighted by molar-refractivity contribution is -0.140. The standard InChI is InChI=1S/C15H25F2N3O4Si/c1-14(2,3)25(4,5)23-8-9-11(21)15(16,17)12(24-9)20-7-6-10(18)19-13(20)22/h6-7,9,11-12,21H,8H2,1-5H3,(H2,18,19,22)/t9-,11+,12-/m1/s1. The summed E-state index contributed by atoms with van der Waals surface area (Å²) in [6, 6.07) is 1.21. The van der Waals surface area contributed by atoms with Crippen LogP contribution in [0.2, 0.25) is 18.1 Å². The molecule has 0 aromatic carbocycles. The van der Waals surface area contributed by atoms with Gasteiger partial charge in [-0.2, -0.15) is 13.8 Å². The number of aliphatic hydroxyl groups excluding tert-OH is 1. The van der Waals surface area contributed by atoms with Gasteiger partial charge >= 0.3 is 11.6 Å². The van der Waals surface area contributed by atoms with Gasteiger partial charge in [-0.15, -0.1) is 0 Å². The minimum absolute atomic E-state index is 0.0825. The van der Waals surface area contributed by atoms with Gasteiger partial charge in [0.2, 0.25) is 6.23 Å². The van der Waals surface area contributed by atoms with E-state index in [1.165, 1.54) is 6.07 Å². The molecule has 0 amide bonds. The predicted octanol–water partition coefficient (Wildman–Crippen LogP) is 1.74. The summed E-state index contributed by atoms with van der Waals surface area (Å²) in [7, 11) is -2.20. The van der Waals surface area contributed by atoms with Crippen molar-refractivity contribution in [2.24, 2.45) is 0 Å². The smallest absolute Gasteiger partial charge is 0.351 e. The fraction of sp³-hybridized carbons (Fsp3) is 0.733. The van der Waals surface area contributed by atoms with Gasteiger partial charge < -0.3 is 20.0 Å². The molecule has 0 radical (unpaired) electrons. The number of nitrogens with zero attached hydrogens (tertiary/aromatic N) is 2. The number of aromatic nitrogens is 2. The maximum atomic E-state index is 14.4. The lowest BCUT2D eigenvalue weighted by atomic mass is 10.1. The normalized spacial score (nSPS) is 26.8. The molecule has 1 saturated heterocycles. The monoisotopic (exact) mass is 377 g/mol. The van der Waals surface area contributed by atoms with Crippen LogP contribution < -0.4 is 11.4 Å². The molecule has 25 heavy (non-hydrogen) atoms. The van der Waals surface area contributed by atoms with E-state index in [1.54, 1.807) is 0 Å². The van der Waals surface area contributed by atoms with Gasteiger partial charge in [-0.1, -0.05) is 20.8 Å². The average molecular weight is 377 g/mol. The molecule has 7 nitrogen and oxygen atoms in total. The second kappa shape index (κ2) is 6.42. The first-order valence-electron chi connectivity index (χ1n) is 7.97. The molecule has 1 aromatic rings. The van der Waals surface area contributed by atoms with E-state index in [1.807, 2.05) is 33.9 Å². The molecule has 0 saturated carbocycles. The summed E-state index contributed by atoms with van der Waals surface area (Å²) in [6.45, 7) is 9.81. The third-order valence-electron chi connectivity index (χ3n) is 4.90. The Bertz CT molecular complexity index is 690. The fourth-order valence-corrected chi connectivity index (χ4v) is 3.23. The Morgan fingerprint density at radius 3 is 2.60 bits per heavy atom. The molecule has 0 spiro atoms. The summed E-state index contributed by atoms with van der Waals surface area (Å²) in [5.41, 5.74) is 4.40. The zero-order valence-electron chi connectivity index (χ0n) is 15.0. The van der Waals surface area contributed by atoms with E-state index < -0.39 is 38.4 Å². The topological polar surface area (TPSA) is 99.6 Å². The number of ether oxygens (including phenoxy) is 1. The van der Waals surface area contributed by atoms with Crippen molar-refractivity contribution < 1.29 is 23.1 Å². The molecule has 0 aliphatic carbocycles. The highest BCUT2D eigenvalue weighted by Crippen LogP contribution is 2.43. The van der Waals surface area contributed by atoms with Gasteiger partial charge in [-0.05, 0) is 24.2 Å². The number of nitrogen functional groups attached to an aromatic ring is 1. The van der Waals surface area contributed by atoms with Crippen molar-refractivity contribution in [3.63, 3.8) is 0 Å². The summed E-state index contributed by atoms with van der Waals surface area (Å²) in [4.78, 5) is 15.2. The molecule has 0 unspecified atom stereocenters. The zero-order chi connectivity index (χ0) is 19.2. The van der Waals surface area contributed by atoms with E-state index in [4.69, 9.17) is 14.9 Å². The number of aliphatic hydroxyl groups is 1. The number of anilines is 1. The van der Waals surface area contributed by atoms with Crippen molar-refractivity contribution in [1.29, 1.82) is 0 Å². The SMILES string of the molecule is CC(C)(C)[Si](C)(C)OC[C@H]1O[C@@H](n2ccc(N)nc2=O)C(F)(F)[C@H]1O. The van der Waals surface area contributed by atoms with Gasteiger partial charge in [0.1, 0.15) is 11.9 Å². The average Bonchev–Trinajstić information content (AvgIpc) is 2.67. The summed E-state index contributed by atoms with van der Waals surface area (Å²) in [5, 5.41) is 9.88. The summed E-state index contributed by atoms with van der Waals surface area (Å²) < 4.78 is 40.7. The Morgan fingerprint density at radius 2 is 2.08 bits per heavy atom. The number of hydrogen-bond acceptors (Lipinski definition) is 6. The van der Waals surface area contributed by atoms with Crippen molar-refractivity contribution in [3.8, 4) is 0 Å². The van der Waals surface area contributed by atoms with Crippen LogP contribution in [0.4, 0.5) is 14.6 Å².